The van der Waals surface area contributed by atoms with E-state index in [-0.39, 0.29) is 36.3 Å². The van der Waals surface area contributed by atoms with Gasteiger partial charge in [0, 0.05) is 42.2 Å². The third kappa shape index (κ3) is 3.07. The smallest absolute Gasteiger partial charge is 0.261 e. The number of hydrogen-bond acceptors (Lipinski definition) is 5. The van der Waals surface area contributed by atoms with Gasteiger partial charge in [-0.25, -0.2) is 0 Å². The van der Waals surface area contributed by atoms with Gasteiger partial charge in [-0.2, -0.15) is 0 Å². The number of anilines is 1. The van der Waals surface area contributed by atoms with Crippen molar-refractivity contribution in [3.63, 3.8) is 0 Å². The zero-order valence-electron chi connectivity index (χ0n) is 14.8. The van der Waals surface area contributed by atoms with Crippen LogP contribution in [0.3, 0.4) is 0 Å². The molecule has 3 rings (SSSR count). The second kappa shape index (κ2) is 6.86. The third-order valence-corrected chi connectivity index (χ3v) is 4.58. The van der Waals surface area contributed by atoms with Crippen molar-refractivity contribution in [1.82, 2.24) is 4.90 Å². The lowest BCUT2D eigenvalue weighted by Gasteiger charge is -2.33. The molecule has 0 aliphatic carbocycles. The summed E-state index contributed by atoms with van der Waals surface area (Å²) in [6.07, 6.45) is 0.421. The van der Waals surface area contributed by atoms with E-state index in [9.17, 15) is 14.4 Å². The van der Waals surface area contributed by atoms with E-state index in [0.29, 0.717) is 28.6 Å². The van der Waals surface area contributed by atoms with Gasteiger partial charge in [0.15, 0.2) is 0 Å². The molecule has 0 spiro atoms. The first-order valence-corrected chi connectivity index (χ1v) is 8.51. The molecule has 1 aliphatic rings. The Morgan fingerprint density at radius 2 is 1.88 bits per heavy atom. The van der Waals surface area contributed by atoms with Gasteiger partial charge in [0.05, 0.1) is 5.56 Å². The number of amides is 3. The molecule has 136 valence electrons. The molecule has 2 unspecified atom stereocenters. The van der Waals surface area contributed by atoms with E-state index < -0.39 is 0 Å². The number of nitrogens with zero attached hydrogens (tertiary/aromatic N) is 1. The molecule has 0 fully saturated rings. The minimum Gasteiger partial charge on any atom is -0.329 e. The first-order valence-electron chi connectivity index (χ1n) is 8.51. The van der Waals surface area contributed by atoms with Crippen LogP contribution in [0.25, 0.3) is 10.8 Å². The molecule has 2 atom stereocenters. The minimum atomic E-state index is -0.388. The standard InChI is InChI=1S/C19H22N4O3/c1-10(6-13(21)9-20)23-18(25)15-5-3-4-12-7-14(22-11(2)24)8-16(17(12)15)19(23)26/h3-5,7-8,10,13H,6,9,20-21H2,1-2H3,(H,22,24). The van der Waals surface area contributed by atoms with Gasteiger partial charge in [-0.1, -0.05) is 12.1 Å². The molecule has 1 aliphatic heterocycles. The number of imide groups is 1. The highest BCUT2D eigenvalue weighted by Gasteiger charge is 2.36. The zero-order valence-corrected chi connectivity index (χ0v) is 14.8. The van der Waals surface area contributed by atoms with Crippen LogP contribution in [0.5, 0.6) is 0 Å². The summed E-state index contributed by atoms with van der Waals surface area (Å²) >= 11 is 0. The molecular formula is C19H22N4O3. The topological polar surface area (TPSA) is 119 Å². The normalized spacial score (nSPS) is 15.9. The van der Waals surface area contributed by atoms with Crippen molar-refractivity contribution < 1.29 is 14.4 Å². The molecule has 7 nitrogen and oxygen atoms in total. The average Bonchev–Trinajstić information content (AvgIpc) is 2.58. The van der Waals surface area contributed by atoms with Crippen LogP contribution in [0, 0.1) is 0 Å². The molecule has 0 radical (unpaired) electrons. The lowest BCUT2D eigenvalue weighted by Crippen LogP contribution is -2.48. The van der Waals surface area contributed by atoms with Gasteiger partial charge in [0.25, 0.3) is 11.8 Å². The van der Waals surface area contributed by atoms with Crippen LogP contribution in [0.2, 0.25) is 0 Å². The van der Waals surface area contributed by atoms with Crippen LogP contribution in [-0.2, 0) is 4.79 Å². The molecule has 0 saturated heterocycles. The molecule has 0 saturated carbocycles. The van der Waals surface area contributed by atoms with Crippen molar-refractivity contribution in [3.8, 4) is 0 Å². The molecule has 2 aromatic carbocycles. The van der Waals surface area contributed by atoms with E-state index in [0.717, 1.165) is 5.39 Å². The number of nitrogens with one attached hydrogen (secondary N) is 1. The van der Waals surface area contributed by atoms with Crippen LogP contribution in [0.1, 0.15) is 41.0 Å². The fourth-order valence-corrected chi connectivity index (χ4v) is 3.44. The maximum Gasteiger partial charge on any atom is 0.261 e. The summed E-state index contributed by atoms with van der Waals surface area (Å²) in [6, 6.07) is 7.98. The number of hydrogen-bond donors (Lipinski definition) is 3. The number of benzene rings is 2. The quantitative estimate of drug-likeness (QED) is 0.703. The van der Waals surface area contributed by atoms with E-state index in [1.165, 1.54) is 11.8 Å². The van der Waals surface area contributed by atoms with Gasteiger partial charge in [0.2, 0.25) is 5.91 Å². The molecule has 0 aromatic heterocycles. The van der Waals surface area contributed by atoms with Gasteiger partial charge in [0.1, 0.15) is 0 Å². The van der Waals surface area contributed by atoms with Crippen molar-refractivity contribution in [1.29, 1.82) is 0 Å². The first kappa shape index (κ1) is 18.0. The minimum absolute atomic E-state index is 0.230. The summed E-state index contributed by atoms with van der Waals surface area (Å²) in [5.74, 6) is -0.953. The lowest BCUT2D eigenvalue weighted by molar-refractivity contribution is -0.114. The predicted molar refractivity (Wildman–Crippen MR) is 99.9 cm³/mol. The summed E-state index contributed by atoms with van der Waals surface area (Å²) in [5.41, 5.74) is 12.9. The summed E-state index contributed by atoms with van der Waals surface area (Å²) in [4.78, 5) is 38.7. The highest BCUT2D eigenvalue weighted by Crippen LogP contribution is 2.34. The van der Waals surface area contributed by atoms with Crippen LogP contribution in [-0.4, -0.2) is 41.2 Å². The fraction of sp³-hybridized carbons (Fsp3) is 0.316. The Morgan fingerprint density at radius 1 is 1.19 bits per heavy atom. The average molecular weight is 354 g/mol. The molecule has 7 heteroatoms. The zero-order chi connectivity index (χ0) is 19.0. The second-order valence-electron chi connectivity index (χ2n) is 6.67. The first-order chi connectivity index (χ1) is 12.3. The van der Waals surface area contributed by atoms with Crippen molar-refractivity contribution in [2.45, 2.75) is 32.4 Å². The molecule has 5 N–H and O–H groups in total. The molecule has 0 bridgehead atoms. The number of rotatable bonds is 5. The monoisotopic (exact) mass is 354 g/mol. The van der Waals surface area contributed by atoms with Crippen LogP contribution >= 0.6 is 0 Å². The van der Waals surface area contributed by atoms with Gasteiger partial charge in [-0.15, -0.1) is 0 Å². The SMILES string of the molecule is CC(=O)Nc1cc2c3c(cccc3c1)C(=O)N(C(C)CC(N)CN)C2=O. The van der Waals surface area contributed by atoms with Crippen LogP contribution in [0.4, 0.5) is 5.69 Å². The van der Waals surface area contributed by atoms with E-state index in [1.54, 1.807) is 31.2 Å². The maximum atomic E-state index is 13.1. The van der Waals surface area contributed by atoms with Crippen molar-refractivity contribution in [2.75, 3.05) is 11.9 Å². The molecular weight excluding hydrogens is 332 g/mol. The molecule has 3 amide bonds. The van der Waals surface area contributed by atoms with Gasteiger partial charge < -0.3 is 16.8 Å². The Hall–Kier alpha value is -2.77. The van der Waals surface area contributed by atoms with Gasteiger partial charge in [-0.3, -0.25) is 19.3 Å². The Morgan fingerprint density at radius 3 is 2.54 bits per heavy atom. The Kier molecular flexibility index (Phi) is 4.76. The summed E-state index contributed by atoms with van der Waals surface area (Å²) in [7, 11) is 0. The van der Waals surface area contributed by atoms with E-state index in [1.807, 2.05) is 6.07 Å². The fourth-order valence-electron chi connectivity index (χ4n) is 3.44. The molecule has 26 heavy (non-hydrogen) atoms. The van der Waals surface area contributed by atoms with Gasteiger partial charge in [-0.05, 0) is 36.9 Å². The summed E-state index contributed by atoms with van der Waals surface area (Å²) < 4.78 is 0. The lowest BCUT2D eigenvalue weighted by atomic mass is 9.92. The number of carbonyl (C=O) groups excluding carboxylic acids is 3. The Balaban J connectivity index is 2.12. The molecule has 1 heterocycles. The molecule has 2 aromatic rings. The maximum absolute atomic E-state index is 13.1. The summed E-state index contributed by atoms with van der Waals surface area (Å²) in [5, 5.41) is 4.05. The predicted octanol–water partition coefficient (Wildman–Crippen LogP) is 1.46. The highest BCUT2D eigenvalue weighted by atomic mass is 16.2. The van der Waals surface area contributed by atoms with Crippen LogP contribution < -0.4 is 16.8 Å². The summed E-state index contributed by atoms with van der Waals surface area (Å²) in [6.45, 7) is 3.47. The third-order valence-electron chi connectivity index (χ3n) is 4.58. The van der Waals surface area contributed by atoms with E-state index in [4.69, 9.17) is 11.5 Å². The van der Waals surface area contributed by atoms with Crippen molar-refractivity contribution >= 4 is 34.2 Å². The Bertz CT molecular complexity index is 909. The number of nitrogens with two attached hydrogens (primary N) is 2. The highest BCUT2D eigenvalue weighted by molar-refractivity contribution is 6.26. The van der Waals surface area contributed by atoms with E-state index in [2.05, 4.69) is 5.32 Å². The van der Waals surface area contributed by atoms with E-state index >= 15 is 0 Å². The van der Waals surface area contributed by atoms with Crippen molar-refractivity contribution in [3.05, 3.63) is 41.5 Å². The van der Waals surface area contributed by atoms with Gasteiger partial charge >= 0.3 is 0 Å². The van der Waals surface area contributed by atoms with Crippen LogP contribution in [0.15, 0.2) is 30.3 Å². The van der Waals surface area contributed by atoms with Crippen molar-refractivity contribution in [2.24, 2.45) is 11.5 Å². The number of carbonyl (C=O) groups is 3. The largest absolute Gasteiger partial charge is 0.329 e. The second-order valence-corrected chi connectivity index (χ2v) is 6.67. The Labute approximate surface area is 151 Å².